The van der Waals surface area contributed by atoms with E-state index in [9.17, 15) is 4.79 Å². The molecule has 3 rings (SSSR count). The molecule has 0 aliphatic rings. The molecule has 0 bridgehead atoms. The Bertz CT molecular complexity index is 729. The number of methoxy groups -OCH3 is 1. The van der Waals surface area contributed by atoms with Crippen molar-refractivity contribution in [3.63, 3.8) is 0 Å². The number of hydrogen-bond acceptors (Lipinski definition) is 3. The molecule has 2 aromatic heterocycles. The number of carbonyl (C=O) groups excluding carboxylic acids is 1. The van der Waals surface area contributed by atoms with Crippen LogP contribution >= 0.6 is 0 Å². The molecule has 4 heteroatoms. The molecule has 0 radical (unpaired) electrons. The van der Waals surface area contributed by atoms with Gasteiger partial charge in [0.1, 0.15) is 11.4 Å². The third kappa shape index (κ3) is 2.08. The molecule has 0 aliphatic heterocycles. The fourth-order valence-electron chi connectivity index (χ4n) is 1.98. The summed E-state index contributed by atoms with van der Waals surface area (Å²) in [5, 5.41) is 0. The van der Waals surface area contributed by atoms with Gasteiger partial charge in [-0.25, -0.2) is 4.98 Å². The first kappa shape index (κ1) is 11.5. The summed E-state index contributed by atoms with van der Waals surface area (Å²) in [6.07, 6.45) is 4.50. The fraction of sp³-hybridized carbons (Fsp3) is 0.0667. The second kappa shape index (κ2) is 4.57. The summed E-state index contributed by atoms with van der Waals surface area (Å²) >= 11 is 0. The predicted molar refractivity (Wildman–Crippen MR) is 72.6 cm³/mol. The number of nitrogens with zero attached hydrogens (tertiary/aromatic N) is 2. The van der Waals surface area contributed by atoms with Gasteiger partial charge in [-0.3, -0.25) is 4.79 Å². The Morgan fingerprint density at radius 3 is 2.58 bits per heavy atom. The topological polar surface area (TPSA) is 43.6 Å². The average Bonchev–Trinajstić information content (AvgIpc) is 2.90. The highest BCUT2D eigenvalue weighted by molar-refractivity contribution is 5.75. The minimum absolute atomic E-state index is 0.631. The Balaban J connectivity index is 2.06. The van der Waals surface area contributed by atoms with Crippen LogP contribution in [0.3, 0.4) is 0 Å². The maximum absolute atomic E-state index is 10.7. The number of aldehydes is 1. The molecule has 2 heterocycles. The largest absolute Gasteiger partial charge is 0.497 e. The van der Waals surface area contributed by atoms with E-state index in [4.69, 9.17) is 4.74 Å². The zero-order chi connectivity index (χ0) is 13.2. The molecule has 1 aromatic carbocycles. The molecule has 0 saturated carbocycles. The van der Waals surface area contributed by atoms with Crippen LogP contribution in [-0.2, 0) is 0 Å². The molecule has 0 aliphatic carbocycles. The number of benzene rings is 1. The molecule has 0 amide bonds. The SMILES string of the molecule is COc1ccc(-c2cn3cc(C=O)ccc3n2)cc1. The number of ether oxygens (including phenoxy) is 1. The Morgan fingerprint density at radius 1 is 1.11 bits per heavy atom. The van der Waals surface area contributed by atoms with E-state index in [2.05, 4.69) is 4.98 Å². The summed E-state index contributed by atoms with van der Waals surface area (Å²) in [7, 11) is 1.64. The number of aromatic nitrogens is 2. The zero-order valence-electron chi connectivity index (χ0n) is 10.4. The van der Waals surface area contributed by atoms with Crippen molar-refractivity contribution in [2.24, 2.45) is 0 Å². The smallest absolute Gasteiger partial charge is 0.151 e. The van der Waals surface area contributed by atoms with E-state index >= 15 is 0 Å². The van der Waals surface area contributed by atoms with Crippen LogP contribution in [0.4, 0.5) is 0 Å². The number of fused-ring (bicyclic) bond motifs is 1. The number of hydrogen-bond donors (Lipinski definition) is 0. The first-order valence-corrected chi connectivity index (χ1v) is 5.88. The van der Waals surface area contributed by atoms with Crippen LogP contribution in [0.1, 0.15) is 10.4 Å². The molecule has 0 unspecified atom stereocenters. The molecular formula is C15H12N2O2. The zero-order valence-corrected chi connectivity index (χ0v) is 10.4. The van der Waals surface area contributed by atoms with Gasteiger partial charge in [-0.05, 0) is 36.4 Å². The van der Waals surface area contributed by atoms with Crippen LogP contribution in [0.5, 0.6) is 5.75 Å². The molecule has 3 aromatic rings. The first-order chi connectivity index (χ1) is 9.30. The van der Waals surface area contributed by atoms with E-state index in [0.29, 0.717) is 5.56 Å². The number of pyridine rings is 1. The van der Waals surface area contributed by atoms with E-state index in [1.165, 1.54) is 0 Å². The van der Waals surface area contributed by atoms with Gasteiger partial charge in [0.05, 0.1) is 12.8 Å². The van der Waals surface area contributed by atoms with Crippen molar-refractivity contribution in [1.82, 2.24) is 9.38 Å². The van der Waals surface area contributed by atoms with Crippen molar-refractivity contribution in [2.75, 3.05) is 7.11 Å². The van der Waals surface area contributed by atoms with E-state index < -0.39 is 0 Å². The summed E-state index contributed by atoms with van der Waals surface area (Å²) in [6, 6.07) is 11.3. The van der Waals surface area contributed by atoms with Gasteiger partial charge in [0.15, 0.2) is 6.29 Å². The molecule has 0 atom stereocenters. The summed E-state index contributed by atoms with van der Waals surface area (Å²) in [6.45, 7) is 0. The molecular weight excluding hydrogens is 240 g/mol. The molecule has 4 nitrogen and oxygen atoms in total. The van der Waals surface area contributed by atoms with Gasteiger partial charge in [0.2, 0.25) is 0 Å². The third-order valence-electron chi connectivity index (χ3n) is 3.00. The average molecular weight is 252 g/mol. The second-order valence-corrected chi connectivity index (χ2v) is 4.20. The lowest BCUT2D eigenvalue weighted by molar-refractivity contribution is 0.112. The molecule has 94 valence electrons. The van der Waals surface area contributed by atoms with Gasteiger partial charge in [-0.2, -0.15) is 0 Å². The van der Waals surface area contributed by atoms with Crippen LogP contribution in [-0.4, -0.2) is 22.8 Å². The standard InChI is InChI=1S/C15H12N2O2/c1-19-13-5-3-12(4-6-13)14-9-17-8-11(10-18)2-7-15(17)16-14/h2-10H,1H3. The van der Waals surface area contributed by atoms with Crippen molar-refractivity contribution >= 4 is 11.9 Å². The summed E-state index contributed by atoms with van der Waals surface area (Å²) in [4.78, 5) is 15.3. The van der Waals surface area contributed by atoms with Crippen LogP contribution in [0, 0.1) is 0 Å². The number of imidazole rings is 1. The fourth-order valence-corrected chi connectivity index (χ4v) is 1.98. The van der Waals surface area contributed by atoms with Crippen molar-refractivity contribution in [3.8, 4) is 17.0 Å². The molecule has 0 N–H and O–H groups in total. The third-order valence-corrected chi connectivity index (χ3v) is 3.00. The van der Waals surface area contributed by atoms with Gasteiger partial charge in [-0.1, -0.05) is 0 Å². The van der Waals surface area contributed by atoms with E-state index in [1.807, 2.05) is 40.9 Å². The normalized spacial score (nSPS) is 10.6. The Kier molecular flexibility index (Phi) is 2.76. The molecule has 0 spiro atoms. The highest BCUT2D eigenvalue weighted by atomic mass is 16.5. The van der Waals surface area contributed by atoms with Crippen LogP contribution in [0.25, 0.3) is 16.9 Å². The van der Waals surface area contributed by atoms with Gasteiger partial charge < -0.3 is 9.14 Å². The summed E-state index contributed by atoms with van der Waals surface area (Å²) in [5.41, 5.74) is 3.32. The van der Waals surface area contributed by atoms with E-state index in [-0.39, 0.29) is 0 Å². The molecule has 0 fully saturated rings. The monoisotopic (exact) mass is 252 g/mol. The van der Waals surface area contributed by atoms with Crippen LogP contribution in [0.2, 0.25) is 0 Å². The Labute approximate surface area is 110 Å². The maximum atomic E-state index is 10.7. The second-order valence-electron chi connectivity index (χ2n) is 4.20. The molecule has 19 heavy (non-hydrogen) atoms. The number of rotatable bonds is 3. The van der Waals surface area contributed by atoms with E-state index in [0.717, 1.165) is 28.9 Å². The Morgan fingerprint density at radius 2 is 1.89 bits per heavy atom. The Hall–Kier alpha value is -2.62. The van der Waals surface area contributed by atoms with Crippen molar-refractivity contribution in [3.05, 3.63) is 54.4 Å². The van der Waals surface area contributed by atoms with Crippen molar-refractivity contribution < 1.29 is 9.53 Å². The lowest BCUT2D eigenvalue weighted by Gasteiger charge is -1.99. The van der Waals surface area contributed by atoms with E-state index in [1.54, 1.807) is 19.4 Å². The lowest BCUT2D eigenvalue weighted by Crippen LogP contribution is -1.86. The molecule has 0 saturated heterocycles. The van der Waals surface area contributed by atoms with Gasteiger partial charge in [0.25, 0.3) is 0 Å². The number of carbonyl (C=O) groups is 1. The summed E-state index contributed by atoms with van der Waals surface area (Å²) in [5.74, 6) is 0.816. The minimum Gasteiger partial charge on any atom is -0.497 e. The minimum atomic E-state index is 0.631. The van der Waals surface area contributed by atoms with Crippen molar-refractivity contribution in [1.29, 1.82) is 0 Å². The van der Waals surface area contributed by atoms with Crippen molar-refractivity contribution in [2.45, 2.75) is 0 Å². The van der Waals surface area contributed by atoms with Crippen LogP contribution in [0.15, 0.2) is 48.8 Å². The highest BCUT2D eigenvalue weighted by Crippen LogP contribution is 2.22. The van der Waals surface area contributed by atoms with Gasteiger partial charge >= 0.3 is 0 Å². The highest BCUT2D eigenvalue weighted by Gasteiger charge is 2.05. The predicted octanol–water partition coefficient (Wildman–Crippen LogP) is 2.82. The summed E-state index contributed by atoms with van der Waals surface area (Å²) < 4.78 is 6.98. The van der Waals surface area contributed by atoms with Gasteiger partial charge in [0, 0.05) is 23.5 Å². The van der Waals surface area contributed by atoms with Gasteiger partial charge in [-0.15, -0.1) is 0 Å². The van der Waals surface area contributed by atoms with Crippen LogP contribution < -0.4 is 4.74 Å². The quantitative estimate of drug-likeness (QED) is 0.673. The first-order valence-electron chi connectivity index (χ1n) is 5.88. The maximum Gasteiger partial charge on any atom is 0.151 e. The lowest BCUT2D eigenvalue weighted by atomic mass is 10.2.